The van der Waals surface area contributed by atoms with Crippen molar-refractivity contribution in [2.45, 2.75) is 45.6 Å². The Morgan fingerprint density at radius 3 is 2.55 bits per heavy atom. The highest BCUT2D eigenvalue weighted by atomic mass is 16.5. The predicted molar refractivity (Wildman–Crippen MR) is 82.3 cm³/mol. The molecular formula is C17H27NO2. The minimum Gasteiger partial charge on any atom is -0.494 e. The quantitative estimate of drug-likeness (QED) is 0.840. The first kappa shape index (κ1) is 15.3. The van der Waals surface area contributed by atoms with Gasteiger partial charge in [-0.3, -0.25) is 0 Å². The molecule has 1 fully saturated rings. The lowest BCUT2D eigenvalue weighted by molar-refractivity contribution is -0.00603. The van der Waals surface area contributed by atoms with E-state index in [2.05, 4.69) is 30.9 Å². The van der Waals surface area contributed by atoms with Gasteiger partial charge in [0.1, 0.15) is 5.75 Å². The van der Waals surface area contributed by atoms with E-state index in [4.69, 9.17) is 4.74 Å². The molecule has 0 amide bonds. The van der Waals surface area contributed by atoms with Gasteiger partial charge in [0, 0.05) is 19.6 Å². The second-order valence-corrected chi connectivity index (χ2v) is 6.29. The van der Waals surface area contributed by atoms with Crippen LogP contribution in [0.2, 0.25) is 0 Å². The van der Waals surface area contributed by atoms with Gasteiger partial charge in [0.25, 0.3) is 0 Å². The molecule has 0 spiro atoms. The van der Waals surface area contributed by atoms with Crippen molar-refractivity contribution in [3.63, 3.8) is 0 Å². The van der Waals surface area contributed by atoms with Crippen LogP contribution in [-0.4, -0.2) is 41.8 Å². The lowest BCUT2D eigenvalue weighted by Gasteiger charge is -2.35. The lowest BCUT2D eigenvalue weighted by Crippen LogP contribution is -2.42. The molecule has 0 saturated carbocycles. The van der Waals surface area contributed by atoms with Crippen LogP contribution in [0.25, 0.3) is 0 Å². The molecule has 0 radical (unpaired) electrons. The average molecular weight is 277 g/mol. The standard InChI is InChI=1S/C17H27NO2/c1-14-5-6-16(13-15(14)2)20-12-4-9-18-10-7-17(3,19)8-11-18/h5-6,13,19H,4,7-12H2,1-3H3. The Hall–Kier alpha value is -1.06. The summed E-state index contributed by atoms with van der Waals surface area (Å²) in [6, 6.07) is 6.26. The summed E-state index contributed by atoms with van der Waals surface area (Å²) in [5.74, 6) is 0.967. The van der Waals surface area contributed by atoms with Crippen molar-refractivity contribution in [3.05, 3.63) is 29.3 Å². The van der Waals surface area contributed by atoms with E-state index in [1.807, 2.05) is 13.0 Å². The molecule has 0 aromatic heterocycles. The molecule has 3 heteroatoms. The fraction of sp³-hybridized carbons (Fsp3) is 0.647. The van der Waals surface area contributed by atoms with E-state index >= 15 is 0 Å². The first-order valence-electron chi connectivity index (χ1n) is 7.61. The minimum absolute atomic E-state index is 0.452. The first-order chi connectivity index (χ1) is 9.46. The Kier molecular flexibility index (Phi) is 5.06. The molecule has 2 rings (SSSR count). The van der Waals surface area contributed by atoms with Crippen LogP contribution >= 0.6 is 0 Å². The number of aliphatic hydroxyl groups is 1. The van der Waals surface area contributed by atoms with Crippen LogP contribution in [0.3, 0.4) is 0 Å². The third-order valence-corrected chi connectivity index (χ3v) is 4.30. The summed E-state index contributed by atoms with van der Waals surface area (Å²) >= 11 is 0. The zero-order valence-corrected chi connectivity index (χ0v) is 13.0. The van der Waals surface area contributed by atoms with Gasteiger partial charge in [0.2, 0.25) is 0 Å². The minimum atomic E-state index is -0.452. The number of nitrogens with zero attached hydrogens (tertiary/aromatic N) is 1. The van der Waals surface area contributed by atoms with Gasteiger partial charge >= 0.3 is 0 Å². The summed E-state index contributed by atoms with van der Waals surface area (Å²) in [5, 5.41) is 9.91. The number of hydrogen-bond acceptors (Lipinski definition) is 3. The zero-order valence-electron chi connectivity index (χ0n) is 13.0. The number of aryl methyl sites for hydroxylation is 2. The van der Waals surface area contributed by atoms with Gasteiger partial charge in [-0.1, -0.05) is 6.07 Å². The number of rotatable bonds is 5. The molecular weight excluding hydrogens is 250 g/mol. The van der Waals surface area contributed by atoms with Crippen LogP contribution < -0.4 is 4.74 Å². The van der Waals surface area contributed by atoms with Gasteiger partial charge in [-0.25, -0.2) is 0 Å². The maximum atomic E-state index is 9.91. The predicted octanol–water partition coefficient (Wildman–Crippen LogP) is 2.92. The molecule has 1 saturated heterocycles. The zero-order chi connectivity index (χ0) is 14.6. The van der Waals surface area contributed by atoms with Crippen LogP contribution in [-0.2, 0) is 0 Å². The fourth-order valence-electron chi connectivity index (χ4n) is 2.54. The SMILES string of the molecule is Cc1ccc(OCCCN2CCC(C)(O)CC2)cc1C. The fourth-order valence-corrected chi connectivity index (χ4v) is 2.54. The van der Waals surface area contributed by atoms with Crippen molar-refractivity contribution in [3.8, 4) is 5.75 Å². The first-order valence-corrected chi connectivity index (χ1v) is 7.61. The molecule has 1 aliphatic rings. The highest BCUT2D eigenvalue weighted by Gasteiger charge is 2.26. The summed E-state index contributed by atoms with van der Waals surface area (Å²) < 4.78 is 5.80. The van der Waals surface area contributed by atoms with Crippen molar-refractivity contribution in [1.82, 2.24) is 4.90 Å². The number of hydrogen-bond donors (Lipinski definition) is 1. The summed E-state index contributed by atoms with van der Waals surface area (Å²) in [6.07, 6.45) is 2.80. The third kappa shape index (κ3) is 4.50. The van der Waals surface area contributed by atoms with Crippen molar-refractivity contribution in [1.29, 1.82) is 0 Å². The van der Waals surface area contributed by atoms with E-state index in [0.29, 0.717) is 0 Å². The average Bonchev–Trinajstić information content (AvgIpc) is 2.40. The number of benzene rings is 1. The molecule has 1 aromatic rings. The lowest BCUT2D eigenvalue weighted by atomic mass is 9.94. The van der Waals surface area contributed by atoms with E-state index in [9.17, 15) is 5.11 Å². The Balaban J connectivity index is 1.65. The van der Waals surface area contributed by atoms with Gasteiger partial charge in [0.15, 0.2) is 0 Å². The van der Waals surface area contributed by atoms with Gasteiger partial charge in [-0.05, 0) is 63.3 Å². The number of piperidine rings is 1. The molecule has 1 N–H and O–H groups in total. The monoisotopic (exact) mass is 277 g/mol. The molecule has 0 unspecified atom stereocenters. The highest BCUT2D eigenvalue weighted by molar-refractivity contribution is 5.33. The second-order valence-electron chi connectivity index (χ2n) is 6.29. The van der Waals surface area contributed by atoms with E-state index < -0.39 is 5.60 Å². The van der Waals surface area contributed by atoms with Gasteiger partial charge in [-0.2, -0.15) is 0 Å². The van der Waals surface area contributed by atoms with Crippen molar-refractivity contribution < 1.29 is 9.84 Å². The Morgan fingerprint density at radius 1 is 1.20 bits per heavy atom. The van der Waals surface area contributed by atoms with E-state index in [1.165, 1.54) is 11.1 Å². The largest absolute Gasteiger partial charge is 0.494 e. The summed E-state index contributed by atoms with van der Waals surface area (Å²) in [5.41, 5.74) is 2.13. The van der Waals surface area contributed by atoms with Crippen LogP contribution in [0.5, 0.6) is 5.75 Å². The molecule has 20 heavy (non-hydrogen) atoms. The van der Waals surface area contributed by atoms with Crippen LogP contribution in [0, 0.1) is 13.8 Å². The Bertz CT molecular complexity index is 433. The van der Waals surface area contributed by atoms with Crippen LogP contribution in [0.4, 0.5) is 0 Å². The van der Waals surface area contributed by atoms with Crippen molar-refractivity contribution >= 4 is 0 Å². The van der Waals surface area contributed by atoms with E-state index in [1.54, 1.807) is 0 Å². The highest BCUT2D eigenvalue weighted by Crippen LogP contribution is 2.21. The third-order valence-electron chi connectivity index (χ3n) is 4.30. The molecule has 1 aliphatic heterocycles. The van der Waals surface area contributed by atoms with Crippen LogP contribution in [0.1, 0.15) is 37.3 Å². The maximum Gasteiger partial charge on any atom is 0.119 e. The van der Waals surface area contributed by atoms with E-state index in [0.717, 1.165) is 51.3 Å². The Morgan fingerprint density at radius 2 is 1.90 bits per heavy atom. The Labute approximate surface area is 122 Å². The van der Waals surface area contributed by atoms with Crippen LogP contribution in [0.15, 0.2) is 18.2 Å². The smallest absolute Gasteiger partial charge is 0.119 e. The number of likely N-dealkylation sites (tertiary alicyclic amines) is 1. The topological polar surface area (TPSA) is 32.7 Å². The van der Waals surface area contributed by atoms with Crippen molar-refractivity contribution in [2.24, 2.45) is 0 Å². The van der Waals surface area contributed by atoms with Gasteiger partial charge in [0.05, 0.1) is 12.2 Å². The number of ether oxygens (including phenoxy) is 1. The molecule has 0 aliphatic carbocycles. The van der Waals surface area contributed by atoms with Gasteiger partial charge < -0.3 is 14.7 Å². The normalized spacial score (nSPS) is 19.0. The molecule has 0 atom stereocenters. The molecule has 3 nitrogen and oxygen atoms in total. The second kappa shape index (κ2) is 6.59. The maximum absolute atomic E-state index is 9.91. The molecule has 0 bridgehead atoms. The molecule has 1 aromatic carbocycles. The van der Waals surface area contributed by atoms with Crippen molar-refractivity contribution in [2.75, 3.05) is 26.2 Å². The summed E-state index contributed by atoms with van der Waals surface area (Å²) in [6.45, 7) is 9.98. The summed E-state index contributed by atoms with van der Waals surface area (Å²) in [7, 11) is 0. The summed E-state index contributed by atoms with van der Waals surface area (Å²) in [4.78, 5) is 2.42. The molecule has 1 heterocycles. The van der Waals surface area contributed by atoms with Gasteiger partial charge in [-0.15, -0.1) is 0 Å². The van der Waals surface area contributed by atoms with E-state index in [-0.39, 0.29) is 0 Å². The molecule has 112 valence electrons.